The highest BCUT2D eigenvalue weighted by Gasteiger charge is 2.19. The minimum atomic E-state index is -0.329. The SMILES string of the molecule is O=C1NC(=S)/C(=C/c2ccc(OCc3ccc(F)cc3)c(Br)c2)N1. The van der Waals surface area contributed by atoms with Crippen LogP contribution in [0.3, 0.4) is 0 Å². The van der Waals surface area contributed by atoms with Crippen LogP contribution in [0.15, 0.2) is 52.6 Å². The molecule has 2 amide bonds. The Morgan fingerprint density at radius 3 is 2.54 bits per heavy atom. The molecule has 0 radical (unpaired) electrons. The molecule has 3 rings (SSSR count). The van der Waals surface area contributed by atoms with E-state index in [-0.39, 0.29) is 11.8 Å². The fraction of sp³-hybridized carbons (Fsp3) is 0.0588. The minimum absolute atomic E-state index is 0.274. The number of carbonyl (C=O) groups is 1. The summed E-state index contributed by atoms with van der Waals surface area (Å²) >= 11 is 8.51. The molecule has 7 heteroatoms. The fourth-order valence-electron chi connectivity index (χ4n) is 2.11. The molecule has 1 heterocycles. The Bertz CT molecular complexity index is 837. The number of ether oxygens (including phenoxy) is 1. The average Bonchev–Trinajstić information content (AvgIpc) is 2.86. The standard InChI is InChI=1S/C17H12BrFN2O2S/c18-13-7-11(8-14-16(24)21-17(22)20-14)3-6-15(13)23-9-10-1-4-12(19)5-2-10/h1-8H,9H2,(H2,20,21,22,24)/b14-8-. The topological polar surface area (TPSA) is 50.4 Å². The number of benzene rings is 2. The van der Waals surface area contributed by atoms with Gasteiger partial charge in [-0.2, -0.15) is 0 Å². The molecule has 122 valence electrons. The number of halogens is 2. The van der Waals surface area contributed by atoms with E-state index in [4.69, 9.17) is 17.0 Å². The van der Waals surface area contributed by atoms with Crippen LogP contribution in [0, 0.1) is 5.82 Å². The van der Waals surface area contributed by atoms with Gasteiger partial charge in [-0.25, -0.2) is 9.18 Å². The number of carbonyl (C=O) groups excluding carboxylic acids is 1. The maximum absolute atomic E-state index is 12.9. The zero-order chi connectivity index (χ0) is 17.1. The third kappa shape index (κ3) is 3.98. The molecule has 0 unspecified atom stereocenters. The lowest BCUT2D eigenvalue weighted by Crippen LogP contribution is -2.21. The van der Waals surface area contributed by atoms with Gasteiger partial charge >= 0.3 is 6.03 Å². The van der Waals surface area contributed by atoms with Crippen molar-refractivity contribution >= 4 is 45.2 Å². The monoisotopic (exact) mass is 406 g/mol. The molecule has 2 aromatic rings. The second kappa shape index (κ2) is 7.11. The lowest BCUT2D eigenvalue weighted by molar-refractivity contribution is 0.250. The van der Waals surface area contributed by atoms with Crippen LogP contribution < -0.4 is 15.4 Å². The van der Waals surface area contributed by atoms with Crippen LogP contribution in [0.1, 0.15) is 11.1 Å². The highest BCUT2D eigenvalue weighted by atomic mass is 79.9. The van der Waals surface area contributed by atoms with Gasteiger partial charge in [-0.1, -0.05) is 30.4 Å². The minimum Gasteiger partial charge on any atom is -0.488 e. The number of nitrogens with one attached hydrogen (secondary N) is 2. The Hall–Kier alpha value is -2.25. The summed E-state index contributed by atoms with van der Waals surface area (Å²) in [5.41, 5.74) is 2.29. The van der Waals surface area contributed by atoms with E-state index in [2.05, 4.69) is 26.6 Å². The van der Waals surface area contributed by atoms with E-state index in [0.29, 0.717) is 23.0 Å². The molecule has 24 heavy (non-hydrogen) atoms. The lowest BCUT2D eigenvalue weighted by Gasteiger charge is -2.09. The molecule has 2 N–H and O–H groups in total. The summed E-state index contributed by atoms with van der Waals surface area (Å²) in [5, 5.41) is 5.14. The van der Waals surface area contributed by atoms with Gasteiger partial charge in [0.15, 0.2) is 0 Å². The van der Waals surface area contributed by atoms with Gasteiger partial charge in [0.2, 0.25) is 0 Å². The van der Waals surface area contributed by atoms with Crippen LogP contribution in [0.2, 0.25) is 0 Å². The second-order valence-electron chi connectivity index (χ2n) is 5.07. The van der Waals surface area contributed by atoms with Crippen LogP contribution in [-0.4, -0.2) is 11.0 Å². The molecular formula is C17H12BrFN2O2S. The number of rotatable bonds is 4. The zero-order valence-corrected chi connectivity index (χ0v) is 14.7. The Morgan fingerprint density at radius 2 is 1.92 bits per heavy atom. The first-order valence-electron chi connectivity index (χ1n) is 7.02. The maximum Gasteiger partial charge on any atom is 0.324 e. The molecule has 0 saturated carbocycles. The van der Waals surface area contributed by atoms with Crippen LogP contribution in [0.4, 0.5) is 9.18 Å². The normalized spacial score (nSPS) is 15.3. The maximum atomic E-state index is 12.9. The van der Waals surface area contributed by atoms with E-state index in [1.54, 1.807) is 18.2 Å². The van der Waals surface area contributed by atoms with E-state index in [1.165, 1.54) is 12.1 Å². The first-order valence-corrected chi connectivity index (χ1v) is 8.22. The summed E-state index contributed by atoms with van der Waals surface area (Å²) in [5.74, 6) is 0.390. The summed E-state index contributed by atoms with van der Waals surface area (Å²) in [6.07, 6.45) is 1.77. The van der Waals surface area contributed by atoms with Gasteiger partial charge in [-0.15, -0.1) is 0 Å². The van der Waals surface area contributed by atoms with Gasteiger partial charge in [0, 0.05) is 0 Å². The van der Waals surface area contributed by atoms with Gasteiger partial charge in [-0.3, -0.25) is 5.32 Å². The third-order valence-corrected chi connectivity index (χ3v) is 4.24. The van der Waals surface area contributed by atoms with Crippen molar-refractivity contribution in [3.63, 3.8) is 0 Å². The van der Waals surface area contributed by atoms with Crippen LogP contribution in [0.5, 0.6) is 5.75 Å². The molecule has 1 saturated heterocycles. The number of amides is 2. The first-order chi connectivity index (χ1) is 11.5. The number of hydrogen-bond donors (Lipinski definition) is 2. The van der Waals surface area contributed by atoms with Crippen LogP contribution in [-0.2, 0) is 6.61 Å². The molecule has 0 aromatic heterocycles. The van der Waals surface area contributed by atoms with Gasteiger partial charge in [0.25, 0.3) is 0 Å². The summed E-state index contributed by atoms with van der Waals surface area (Å²) < 4.78 is 19.4. The van der Waals surface area contributed by atoms with Gasteiger partial charge < -0.3 is 10.1 Å². The summed E-state index contributed by atoms with van der Waals surface area (Å²) in [7, 11) is 0. The van der Waals surface area contributed by atoms with E-state index in [0.717, 1.165) is 15.6 Å². The van der Waals surface area contributed by atoms with E-state index >= 15 is 0 Å². The van der Waals surface area contributed by atoms with Crippen molar-refractivity contribution in [1.82, 2.24) is 10.6 Å². The number of hydrogen-bond acceptors (Lipinski definition) is 3. The van der Waals surface area contributed by atoms with Crippen molar-refractivity contribution < 1.29 is 13.9 Å². The molecule has 0 aliphatic carbocycles. The summed E-state index contributed by atoms with van der Waals surface area (Å²) in [4.78, 5) is 11.6. The van der Waals surface area contributed by atoms with Gasteiger partial charge in [-0.05, 0) is 57.4 Å². The average molecular weight is 407 g/mol. The Morgan fingerprint density at radius 1 is 1.17 bits per heavy atom. The van der Waals surface area contributed by atoms with E-state index < -0.39 is 0 Å². The molecule has 0 spiro atoms. The summed E-state index contributed by atoms with van der Waals surface area (Å²) in [6.45, 7) is 0.337. The number of thiocarbonyl (C=S) groups is 1. The van der Waals surface area contributed by atoms with Crippen molar-refractivity contribution in [2.24, 2.45) is 0 Å². The van der Waals surface area contributed by atoms with E-state index in [9.17, 15) is 9.18 Å². The molecule has 1 aliphatic rings. The number of urea groups is 1. The molecule has 1 fully saturated rings. The van der Waals surface area contributed by atoms with Crippen molar-refractivity contribution in [3.8, 4) is 5.75 Å². The van der Waals surface area contributed by atoms with Crippen LogP contribution in [0.25, 0.3) is 6.08 Å². The van der Waals surface area contributed by atoms with Crippen molar-refractivity contribution in [2.75, 3.05) is 0 Å². The smallest absolute Gasteiger partial charge is 0.324 e. The lowest BCUT2D eigenvalue weighted by atomic mass is 10.2. The molecule has 2 aromatic carbocycles. The van der Waals surface area contributed by atoms with Gasteiger partial charge in [0.1, 0.15) is 23.2 Å². The quantitative estimate of drug-likeness (QED) is 0.592. The summed E-state index contributed by atoms with van der Waals surface area (Å²) in [6, 6.07) is 11.4. The highest BCUT2D eigenvalue weighted by Crippen LogP contribution is 2.28. The predicted octanol–water partition coefficient (Wildman–Crippen LogP) is 4.15. The largest absolute Gasteiger partial charge is 0.488 e. The highest BCUT2D eigenvalue weighted by molar-refractivity contribution is 9.10. The van der Waals surface area contributed by atoms with Crippen molar-refractivity contribution in [2.45, 2.75) is 6.61 Å². The molecule has 0 bridgehead atoms. The Balaban J connectivity index is 1.70. The third-order valence-electron chi connectivity index (χ3n) is 3.29. The van der Waals surface area contributed by atoms with E-state index in [1.807, 2.05) is 18.2 Å². The van der Waals surface area contributed by atoms with Crippen LogP contribution >= 0.6 is 28.1 Å². The fourth-order valence-corrected chi connectivity index (χ4v) is 2.83. The van der Waals surface area contributed by atoms with Gasteiger partial charge in [0.05, 0.1) is 10.2 Å². The Labute approximate surface area is 151 Å². The molecule has 1 aliphatic heterocycles. The molecule has 4 nitrogen and oxygen atoms in total. The Kier molecular flexibility index (Phi) is 4.92. The molecule has 0 atom stereocenters. The second-order valence-corrected chi connectivity index (χ2v) is 6.33. The molecular weight excluding hydrogens is 395 g/mol. The first kappa shape index (κ1) is 16.6. The van der Waals surface area contributed by atoms with Crippen molar-refractivity contribution in [1.29, 1.82) is 0 Å². The predicted molar refractivity (Wildman–Crippen MR) is 97.1 cm³/mol. The van der Waals surface area contributed by atoms with Crippen molar-refractivity contribution in [3.05, 3.63) is 69.6 Å². The zero-order valence-electron chi connectivity index (χ0n) is 12.3.